The first-order chi connectivity index (χ1) is 11.5. The molecule has 0 aliphatic carbocycles. The molecule has 0 aromatic heterocycles. The number of anilines is 1. The standard InChI is InChI=1S/C20H26N2O2/c1-4-15(3)22(20(24)5-2)13-12-19(23)21-18-11-10-16-8-6-7-9-17(16)14-18/h6-11,14-15H,4-5,12-13H2,1-3H3,(H,21,23). The second-order valence-corrected chi connectivity index (χ2v) is 6.06. The van der Waals surface area contributed by atoms with Crippen LogP contribution in [0.25, 0.3) is 10.8 Å². The van der Waals surface area contributed by atoms with E-state index in [-0.39, 0.29) is 17.9 Å². The lowest BCUT2D eigenvalue weighted by atomic mass is 10.1. The zero-order chi connectivity index (χ0) is 17.5. The van der Waals surface area contributed by atoms with Crippen molar-refractivity contribution in [1.29, 1.82) is 0 Å². The molecule has 0 fully saturated rings. The molecule has 1 N–H and O–H groups in total. The van der Waals surface area contributed by atoms with Crippen LogP contribution < -0.4 is 5.32 Å². The summed E-state index contributed by atoms with van der Waals surface area (Å²) in [4.78, 5) is 26.1. The summed E-state index contributed by atoms with van der Waals surface area (Å²) in [5.74, 6) is 0.0327. The van der Waals surface area contributed by atoms with Crippen LogP contribution in [-0.2, 0) is 9.59 Å². The quantitative estimate of drug-likeness (QED) is 0.829. The number of fused-ring (bicyclic) bond motifs is 1. The minimum atomic E-state index is -0.0671. The first kappa shape index (κ1) is 18.0. The van der Waals surface area contributed by atoms with Crippen LogP contribution in [0, 0.1) is 0 Å². The lowest BCUT2D eigenvalue weighted by Gasteiger charge is -2.28. The molecule has 0 bridgehead atoms. The third-order valence-corrected chi connectivity index (χ3v) is 4.36. The number of nitrogens with one attached hydrogen (secondary N) is 1. The van der Waals surface area contributed by atoms with E-state index < -0.39 is 0 Å². The second kappa shape index (κ2) is 8.48. The Balaban J connectivity index is 1.97. The molecule has 24 heavy (non-hydrogen) atoms. The number of nitrogens with zero attached hydrogens (tertiary/aromatic N) is 1. The number of benzene rings is 2. The van der Waals surface area contributed by atoms with Crippen molar-refractivity contribution >= 4 is 28.3 Å². The highest BCUT2D eigenvalue weighted by atomic mass is 16.2. The summed E-state index contributed by atoms with van der Waals surface area (Å²) in [6.07, 6.45) is 1.66. The van der Waals surface area contributed by atoms with Crippen LogP contribution in [0.3, 0.4) is 0 Å². The number of carbonyl (C=O) groups is 2. The lowest BCUT2D eigenvalue weighted by Crippen LogP contribution is -2.39. The van der Waals surface area contributed by atoms with Gasteiger partial charge in [-0.3, -0.25) is 9.59 Å². The average Bonchev–Trinajstić information content (AvgIpc) is 2.61. The van der Waals surface area contributed by atoms with Crippen molar-refractivity contribution in [2.45, 2.75) is 46.1 Å². The van der Waals surface area contributed by atoms with Crippen LogP contribution in [0.15, 0.2) is 42.5 Å². The number of carbonyl (C=O) groups excluding carboxylic acids is 2. The Morgan fingerprint density at radius 3 is 2.46 bits per heavy atom. The summed E-state index contributed by atoms with van der Waals surface area (Å²) in [6.45, 7) is 6.39. The highest BCUT2D eigenvalue weighted by Gasteiger charge is 2.18. The third kappa shape index (κ3) is 4.57. The van der Waals surface area contributed by atoms with Gasteiger partial charge >= 0.3 is 0 Å². The molecule has 0 saturated heterocycles. The van der Waals surface area contributed by atoms with E-state index in [9.17, 15) is 9.59 Å². The maximum Gasteiger partial charge on any atom is 0.226 e. The lowest BCUT2D eigenvalue weighted by molar-refractivity contribution is -0.133. The van der Waals surface area contributed by atoms with Crippen molar-refractivity contribution in [3.63, 3.8) is 0 Å². The Labute approximate surface area is 143 Å². The Morgan fingerprint density at radius 1 is 1.08 bits per heavy atom. The second-order valence-electron chi connectivity index (χ2n) is 6.06. The van der Waals surface area contributed by atoms with E-state index in [4.69, 9.17) is 0 Å². The molecule has 0 heterocycles. The van der Waals surface area contributed by atoms with Gasteiger partial charge in [0.05, 0.1) is 0 Å². The number of amides is 2. The molecule has 1 atom stereocenters. The third-order valence-electron chi connectivity index (χ3n) is 4.36. The molecule has 1 unspecified atom stereocenters. The van der Waals surface area contributed by atoms with Crippen LogP contribution in [-0.4, -0.2) is 29.3 Å². The van der Waals surface area contributed by atoms with Crippen molar-refractivity contribution < 1.29 is 9.59 Å². The summed E-state index contributed by atoms with van der Waals surface area (Å²) in [5.41, 5.74) is 0.788. The first-order valence-corrected chi connectivity index (χ1v) is 8.63. The van der Waals surface area contributed by atoms with Crippen molar-refractivity contribution in [3.8, 4) is 0 Å². The van der Waals surface area contributed by atoms with E-state index in [0.29, 0.717) is 19.4 Å². The summed E-state index contributed by atoms with van der Waals surface area (Å²) in [5, 5.41) is 5.17. The molecule has 0 spiro atoms. The Bertz CT molecular complexity index is 712. The maximum absolute atomic E-state index is 12.2. The topological polar surface area (TPSA) is 49.4 Å². The fourth-order valence-electron chi connectivity index (χ4n) is 2.73. The van der Waals surface area contributed by atoms with E-state index in [0.717, 1.165) is 22.9 Å². The smallest absolute Gasteiger partial charge is 0.226 e. The van der Waals surface area contributed by atoms with Gasteiger partial charge in [0.2, 0.25) is 11.8 Å². The number of rotatable bonds is 7. The van der Waals surface area contributed by atoms with Gasteiger partial charge in [0.15, 0.2) is 0 Å². The zero-order valence-electron chi connectivity index (χ0n) is 14.7. The molecule has 0 saturated carbocycles. The predicted molar refractivity (Wildman–Crippen MR) is 99.0 cm³/mol. The van der Waals surface area contributed by atoms with Gasteiger partial charge < -0.3 is 10.2 Å². The van der Waals surface area contributed by atoms with Gasteiger partial charge in [0.1, 0.15) is 0 Å². The molecule has 4 heteroatoms. The normalized spacial score (nSPS) is 12.0. The summed E-state index contributed by atoms with van der Waals surface area (Å²) >= 11 is 0. The molecule has 4 nitrogen and oxygen atoms in total. The van der Waals surface area contributed by atoms with Gasteiger partial charge in [-0.15, -0.1) is 0 Å². The van der Waals surface area contributed by atoms with Gasteiger partial charge in [-0.2, -0.15) is 0 Å². The number of hydrogen-bond donors (Lipinski definition) is 1. The van der Waals surface area contributed by atoms with Crippen molar-refractivity contribution in [1.82, 2.24) is 4.90 Å². The van der Waals surface area contributed by atoms with Crippen LogP contribution >= 0.6 is 0 Å². The molecule has 2 amide bonds. The fourth-order valence-corrected chi connectivity index (χ4v) is 2.73. The average molecular weight is 326 g/mol. The highest BCUT2D eigenvalue weighted by Crippen LogP contribution is 2.19. The molecule has 2 rings (SSSR count). The van der Waals surface area contributed by atoms with Crippen LogP contribution in [0.1, 0.15) is 40.0 Å². The summed E-state index contributed by atoms with van der Waals surface area (Å²) < 4.78 is 0. The van der Waals surface area contributed by atoms with Gasteiger partial charge in [-0.05, 0) is 36.2 Å². The van der Waals surface area contributed by atoms with Gasteiger partial charge in [0, 0.05) is 31.1 Å². The Kier molecular flexibility index (Phi) is 6.36. The molecule has 0 aliphatic heterocycles. The molecule has 128 valence electrons. The van der Waals surface area contributed by atoms with E-state index in [1.54, 1.807) is 4.90 Å². The molecule has 2 aromatic carbocycles. The molecule has 0 radical (unpaired) electrons. The number of hydrogen-bond acceptors (Lipinski definition) is 2. The van der Waals surface area contributed by atoms with Crippen LogP contribution in [0.2, 0.25) is 0 Å². The van der Waals surface area contributed by atoms with Crippen molar-refractivity contribution in [2.24, 2.45) is 0 Å². The monoisotopic (exact) mass is 326 g/mol. The molecular formula is C20H26N2O2. The summed E-state index contributed by atoms with van der Waals surface area (Å²) in [7, 11) is 0. The minimum Gasteiger partial charge on any atom is -0.340 e. The van der Waals surface area contributed by atoms with Crippen LogP contribution in [0.5, 0.6) is 0 Å². The van der Waals surface area contributed by atoms with E-state index >= 15 is 0 Å². The van der Waals surface area contributed by atoms with Crippen molar-refractivity contribution in [3.05, 3.63) is 42.5 Å². The summed E-state index contributed by atoms with van der Waals surface area (Å²) in [6, 6.07) is 14.1. The fraction of sp³-hybridized carbons (Fsp3) is 0.400. The first-order valence-electron chi connectivity index (χ1n) is 8.63. The maximum atomic E-state index is 12.2. The van der Waals surface area contributed by atoms with Crippen molar-refractivity contribution in [2.75, 3.05) is 11.9 Å². The zero-order valence-corrected chi connectivity index (χ0v) is 14.7. The van der Waals surface area contributed by atoms with E-state index in [1.807, 2.05) is 56.3 Å². The van der Waals surface area contributed by atoms with Gasteiger partial charge in [0.25, 0.3) is 0 Å². The van der Waals surface area contributed by atoms with Gasteiger partial charge in [-0.25, -0.2) is 0 Å². The molecule has 2 aromatic rings. The SMILES string of the molecule is CCC(=O)N(CCC(=O)Nc1ccc2ccccc2c1)C(C)CC. The van der Waals surface area contributed by atoms with E-state index in [1.165, 1.54) is 0 Å². The largest absolute Gasteiger partial charge is 0.340 e. The molecule has 0 aliphatic rings. The Morgan fingerprint density at radius 2 is 1.79 bits per heavy atom. The van der Waals surface area contributed by atoms with Crippen LogP contribution in [0.4, 0.5) is 5.69 Å². The minimum absolute atomic E-state index is 0.0671. The highest BCUT2D eigenvalue weighted by molar-refractivity contribution is 5.94. The Hall–Kier alpha value is -2.36. The van der Waals surface area contributed by atoms with E-state index in [2.05, 4.69) is 12.2 Å². The van der Waals surface area contributed by atoms with Gasteiger partial charge in [-0.1, -0.05) is 44.2 Å². The molecular weight excluding hydrogens is 300 g/mol. The predicted octanol–water partition coefficient (Wildman–Crippen LogP) is 4.21.